The maximum Gasteiger partial charge on any atom is 0.522 e. The first-order valence-corrected chi connectivity index (χ1v) is 47.6. The van der Waals surface area contributed by atoms with Gasteiger partial charge in [-0.3, -0.25) is 0 Å². The van der Waals surface area contributed by atoms with Crippen molar-refractivity contribution in [1.82, 2.24) is 0 Å². The predicted octanol–water partition coefficient (Wildman–Crippen LogP) is 14.9. The monoisotopic (exact) mass is 1210 g/mol. The quantitative estimate of drug-likeness (QED) is 0.0684. The molecule has 2 heterocycles. The van der Waals surface area contributed by atoms with Crippen LogP contribution in [0, 0.1) is 11.8 Å². The molecule has 76 heavy (non-hydrogen) atoms. The van der Waals surface area contributed by atoms with Crippen molar-refractivity contribution in [1.29, 1.82) is 0 Å². The van der Waals surface area contributed by atoms with Crippen molar-refractivity contribution in [2.45, 2.75) is 288 Å². The zero-order valence-electron chi connectivity index (χ0n) is 52.9. The van der Waals surface area contributed by atoms with Crippen molar-refractivity contribution in [2.75, 3.05) is 0 Å². The third-order valence-corrected chi connectivity index (χ3v) is 38.9. The summed E-state index contributed by atoms with van der Waals surface area (Å²) in [6, 6.07) is 0. The van der Waals surface area contributed by atoms with Crippen LogP contribution in [0.15, 0.2) is 48.9 Å². The number of aliphatic hydroxyl groups excluding tert-OH is 3. The van der Waals surface area contributed by atoms with Crippen LogP contribution in [-0.4, -0.2) is 140 Å². The van der Waals surface area contributed by atoms with Gasteiger partial charge in [0.05, 0.1) is 52.8 Å². The first kappa shape index (κ1) is 75.6. The Morgan fingerprint density at radius 1 is 0.553 bits per heavy atom. The maximum absolute atomic E-state index is 12.1. The van der Waals surface area contributed by atoms with E-state index in [2.05, 4.69) is 177 Å². The lowest BCUT2D eigenvalue weighted by Gasteiger charge is -2.54. The highest BCUT2D eigenvalue weighted by molar-refractivity contribution is 7.88. The number of rotatable bonds is 18. The van der Waals surface area contributed by atoms with Gasteiger partial charge in [-0.25, -0.2) is 0 Å². The number of hydrogen-bond donors (Lipinski definition) is 3. The van der Waals surface area contributed by atoms with Gasteiger partial charge in [0, 0.05) is 11.8 Å². The third kappa shape index (κ3) is 22.4. The van der Waals surface area contributed by atoms with Crippen molar-refractivity contribution in [3.05, 3.63) is 48.9 Å². The highest BCUT2D eigenvalue weighted by Gasteiger charge is 2.56. The van der Waals surface area contributed by atoms with Crippen LogP contribution in [0.25, 0.3) is 0 Å². The predicted molar refractivity (Wildman–Crippen MR) is 328 cm³/mol. The highest BCUT2D eigenvalue weighted by atomic mass is 32.2. The summed E-state index contributed by atoms with van der Waals surface area (Å²) in [5.41, 5.74) is -0.898. The SMILES string of the molecule is C=CC[C@@H]1O[C@@H]([C@@H](O)/C=C/[Si](C)(C)C)[C@@H](O)[C@@H](O)[C@H]1C.C=CC[C@@H]1O[C@@H]([C@H](/C=C/[Si](C)(C)C)O[Si](C)(C)C(C)(C)C)[C@@H](O[Si](C)(C)C(C)(C)C)[C@@H](O[Si](C)(C)C(C)(C)C)[C@H]1C.CC(C)(C)[Si](C)(C)OS(=O)(=O)C(F)(F)F. The van der Waals surface area contributed by atoms with E-state index in [1.807, 2.05) is 18.7 Å². The zero-order valence-corrected chi connectivity index (χ0v) is 59.7. The standard InChI is InChI=1S/C33H70O4Si4.C15H28O4Si.C7H15F3O3SSi/c1-21-22-26-25(2)28(36-40(17,18)32(6,7)8)30(37-41(19,20)33(9,10)11)29(34-26)27(23-24-38(12,13)14)35-39(15,16)31(3,4)5;1-6-7-12-10(2)13(17)14(18)15(19-12)11(16)8-9-20(3,4)5;1-6(2,3)15(4,5)13-14(11,12)7(8,9)10/h21,23-30H,1,22H2,2-20H3;6,8-18H,1,7H2,2-5H3;1-5H3/b24-23+;9-8+;/t25-,26-,27-,28-,29-,30-;10-,11-,12-,13-,14-,15-;/m00./s1. The van der Waals surface area contributed by atoms with Crippen molar-refractivity contribution in [3.8, 4) is 0 Å². The lowest BCUT2D eigenvalue weighted by Crippen LogP contribution is -2.65. The second-order valence-electron chi connectivity index (χ2n) is 29.7. The number of halogens is 3. The van der Waals surface area contributed by atoms with Crippen molar-refractivity contribution in [2.24, 2.45) is 11.8 Å². The van der Waals surface area contributed by atoms with Gasteiger partial charge in [0.1, 0.15) is 24.4 Å². The maximum atomic E-state index is 12.1. The molecule has 0 radical (unpaired) electrons. The van der Waals surface area contributed by atoms with E-state index in [0.29, 0.717) is 6.42 Å². The fraction of sp³-hybridized carbons (Fsp3) is 0.855. The Kier molecular flexibility index (Phi) is 27.2. The Hall–Kier alpha value is -0.359. The number of hydrogen-bond acceptors (Lipinski definition) is 11. The van der Waals surface area contributed by atoms with Gasteiger partial charge in [-0.1, -0.05) is 172 Å². The summed E-state index contributed by atoms with van der Waals surface area (Å²) < 4.78 is 97.2. The Balaban J connectivity index is 0.00000132. The Morgan fingerprint density at radius 3 is 1.26 bits per heavy atom. The van der Waals surface area contributed by atoms with E-state index in [0.717, 1.165) is 6.42 Å². The van der Waals surface area contributed by atoms with Gasteiger partial charge < -0.3 is 41.9 Å². The molecule has 12 atom stereocenters. The average Bonchev–Trinajstić information content (AvgIpc) is 3.18. The van der Waals surface area contributed by atoms with Crippen molar-refractivity contribution in [3.63, 3.8) is 0 Å². The lowest BCUT2D eigenvalue weighted by molar-refractivity contribution is -0.214. The molecular formula is C55H113F3O11SSi6. The molecule has 21 heteroatoms. The van der Waals surface area contributed by atoms with Crippen LogP contribution in [0.4, 0.5) is 13.2 Å². The largest absolute Gasteiger partial charge is 0.522 e. The summed E-state index contributed by atoms with van der Waals surface area (Å²) in [5.74, 6) is -0.0185. The second kappa shape index (κ2) is 27.4. The van der Waals surface area contributed by atoms with E-state index in [4.69, 9.17) is 22.8 Å². The molecule has 2 aliphatic heterocycles. The van der Waals surface area contributed by atoms with Crippen molar-refractivity contribution < 1.29 is 63.5 Å². The summed E-state index contributed by atoms with van der Waals surface area (Å²) in [4.78, 5) is 0. The summed E-state index contributed by atoms with van der Waals surface area (Å²) in [6.45, 7) is 68.4. The summed E-state index contributed by atoms with van der Waals surface area (Å²) in [5, 5.41) is 30.1. The first-order valence-electron chi connectivity index (χ1n) is 27.4. The number of ether oxygens (including phenoxy) is 2. The molecule has 0 aromatic carbocycles. The Morgan fingerprint density at radius 2 is 0.908 bits per heavy atom. The van der Waals surface area contributed by atoms with Crippen LogP contribution >= 0.6 is 0 Å². The van der Waals surface area contributed by atoms with Crippen molar-refractivity contribution >= 4 is 59.5 Å². The van der Waals surface area contributed by atoms with E-state index in [1.54, 1.807) is 32.9 Å². The molecule has 0 bridgehead atoms. The minimum atomic E-state index is -5.48. The van der Waals surface area contributed by atoms with E-state index >= 15 is 0 Å². The van der Waals surface area contributed by atoms with E-state index in [1.165, 1.54) is 13.1 Å². The summed E-state index contributed by atoms with van der Waals surface area (Å²) >= 11 is 0. The van der Waals surface area contributed by atoms with Crippen LogP contribution in [0.3, 0.4) is 0 Å². The zero-order chi connectivity index (χ0) is 60.8. The van der Waals surface area contributed by atoms with Gasteiger partial charge in [0.25, 0.3) is 0 Å². The average molecular weight is 1210 g/mol. The molecular weight excluding hydrogens is 1090 g/mol. The minimum absolute atomic E-state index is 0.00247. The molecule has 11 nitrogen and oxygen atoms in total. The van der Waals surface area contributed by atoms with Crippen LogP contribution in [0.1, 0.15) is 110 Å². The van der Waals surface area contributed by atoms with Gasteiger partial charge in [-0.05, 0) is 85.4 Å². The van der Waals surface area contributed by atoms with Crippen LogP contribution in [-0.2, 0) is 36.7 Å². The molecule has 2 fully saturated rings. The fourth-order valence-electron chi connectivity index (χ4n) is 7.05. The summed E-state index contributed by atoms with van der Waals surface area (Å²) in [7, 11) is -17.8. The minimum Gasteiger partial charge on any atom is -0.411 e. The fourth-order valence-corrected chi connectivity index (χ4v) is 16.1. The van der Waals surface area contributed by atoms with Gasteiger partial charge in [-0.15, -0.1) is 13.2 Å². The molecule has 3 N–H and O–H groups in total. The van der Waals surface area contributed by atoms with Gasteiger partial charge in [-0.2, -0.15) is 21.6 Å². The molecule has 2 rings (SSSR count). The van der Waals surface area contributed by atoms with Crippen LogP contribution in [0.5, 0.6) is 0 Å². The molecule has 0 saturated carbocycles. The molecule has 2 aliphatic rings. The molecule has 0 amide bonds. The van der Waals surface area contributed by atoms with Gasteiger partial charge in [0.2, 0.25) is 8.32 Å². The second-order valence-corrected chi connectivity index (χ2v) is 60.7. The number of alkyl halides is 3. The highest BCUT2D eigenvalue weighted by Crippen LogP contribution is 2.47. The molecule has 0 aromatic rings. The smallest absolute Gasteiger partial charge is 0.411 e. The molecule has 0 spiro atoms. The van der Waals surface area contributed by atoms with Gasteiger partial charge >= 0.3 is 15.6 Å². The van der Waals surface area contributed by atoms with Crippen LogP contribution in [0.2, 0.25) is 112 Å². The first-order chi connectivity index (χ1) is 33.3. The van der Waals surface area contributed by atoms with E-state index < -0.39 is 94.5 Å². The van der Waals surface area contributed by atoms with E-state index in [-0.39, 0.29) is 63.6 Å². The van der Waals surface area contributed by atoms with E-state index in [9.17, 15) is 36.9 Å². The molecule has 450 valence electrons. The normalized spacial score (nSPS) is 27.3. The van der Waals surface area contributed by atoms with Crippen LogP contribution < -0.4 is 0 Å². The lowest BCUT2D eigenvalue weighted by atomic mass is 9.85. The summed E-state index contributed by atoms with van der Waals surface area (Å²) in [6.07, 6.45) is 4.45. The number of aliphatic hydroxyl groups is 3. The molecule has 0 aliphatic carbocycles. The Labute approximate surface area is 469 Å². The molecule has 0 aromatic heterocycles. The molecule has 0 unspecified atom stereocenters. The third-order valence-electron chi connectivity index (χ3n) is 16.4. The topological polar surface area (TPSA) is 150 Å². The Bertz CT molecular complexity index is 1990. The van der Waals surface area contributed by atoms with Gasteiger partial charge in [0.15, 0.2) is 25.0 Å². The molecule has 2 saturated heterocycles.